The minimum atomic E-state index is -0.353. The number of ether oxygens (including phenoxy) is 2. The summed E-state index contributed by atoms with van der Waals surface area (Å²) in [6.45, 7) is 12.5. The van der Waals surface area contributed by atoms with Crippen molar-refractivity contribution in [2.45, 2.75) is 59.2 Å². The first-order valence-electron chi connectivity index (χ1n) is 14.3. The molecular formula is C35H41N5O3. The lowest BCUT2D eigenvalue weighted by molar-refractivity contribution is -0.125. The number of rotatable bonds is 7. The van der Waals surface area contributed by atoms with Gasteiger partial charge in [-0.2, -0.15) is 0 Å². The van der Waals surface area contributed by atoms with Crippen LogP contribution in [0.25, 0.3) is 22.3 Å². The molecule has 4 aromatic rings. The van der Waals surface area contributed by atoms with Crippen molar-refractivity contribution >= 4 is 28.7 Å². The van der Waals surface area contributed by atoms with E-state index in [1.807, 2.05) is 69.6 Å². The highest BCUT2D eigenvalue weighted by Crippen LogP contribution is 2.32. The fraction of sp³-hybridized carbons (Fsp3) is 0.314. The highest BCUT2D eigenvalue weighted by Gasteiger charge is 2.18. The Labute approximate surface area is 254 Å². The normalized spacial score (nSPS) is 12.6. The summed E-state index contributed by atoms with van der Waals surface area (Å²) in [5.41, 5.74) is 14.5. The van der Waals surface area contributed by atoms with Crippen molar-refractivity contribution in [3.8, 4) is 22.3 Å². The van der Waals surface area contributed by atoms with Crippen LogP contribution in [0.3, 0.4) is 0 Å². The first-order valence-corrected chi connectivity index (χ1v) is 14.3. The van der Waals surface area contributed by atoms with E-state index in [1.165, 1.54) is 16.7 Å². The molecule has 0 aliphatic carbocycles. The molecule has 0 bridgehead atoms. The smallest absolute Gasteiger partial charge is 0.250 e. The van der Waals surface area contributed by atoms with Crippen molar-refractivity contribution in [2.75, 3.05) is 24.3 Å². The number of aliphatic imine (C=N–C) groups is 1. The Morgan fingerprint density at radius 2 is 1.33 bits per heavy atom. The molecule has 8 nitrogen and oxygen atoms in total. The van der Waals surface area contributed by atoms with Crippen molar-refractivity contribution in [2.24, 2.45) is 4.99 Å². The lowest BCUT2D eigenvalue weighted by Gasteiger charge is -2.19. The van der Waals surface area contributed by atoms with Crippen LogP contribution in [-0.2, 0) is 20.7 Å². The second-order valence-electron chi connectivity index (χ2n) is 12.3. The number of nitrogens with zero attached hydrogens (tertiary/aromatic N) is 3. The second kappa shape index (κ2) is 13.7. The largest absolute Gasteiger partial charge is 0.397 e. The van der Waals surface area contributed by atoms with Crippen LogP contribution in [0.15, 0.2) is 90.4 Å². The summed E-state index contributed by atoms with van der Waals surface area (Å²) >= 11 is 0. The van der Waals surface area contributed by atoms with Crippen LogP contribution in [0.5, 0.6) is 0 Å². The van der Waals surface area contributed by atoms with Crippen LogP contribution in [0.1, 0.15) is 47.1 Å². The van der Waals surface area contributed by atoms with Gasteiger partial charge in [0.1, 0.15) is 6.61 Å². The monoisotopic (exact) mass is 579 g/mol. The summed E-state index contributed by atoms with van der Waals surface area (Å²) in [5, 5.41) is 2.76. The zero-order valence-electron chi connectivity index (χ0n) is 25.8. The van der Waals surface area contributed by atoms with Crippen LogP contribution in [0.4, 0.5) is 17.1 Å². The Hall–Kier alpha value is -4.40. The number of nitrogens with one attached hydrogen (secondary N) is 1. The first kappa shape index (κ1) is 31.5. The molecule has 8 heteroatoms. The summed E-state index contributed by atoms with van der Waals surface area (Å²) in [4.78, 5) is 24.6. The molecule has 43 heavy (non-hydrogen) atoms. The van der Waals surface area contributed by atoms with Crippen LogP contribution < -0.4 is 11.1 Å². The van der Waals surface area contributed by atoms with Crippen LogP contribution in [0.2, 0.25) is 0 Å². The number of carbonyl (C=O) groups excluding carboxylic acids is 1. The van der Waals surface area contributed by atoms with E-state index in [2.05, 4.69) is 59.2 Å². The van der Waals surface area contributed by atoms with Gasteiger partial charge >= 0.3 is 0 Å². The third-order valence-corrected chi connectivity index (χ3v) is 6.41. The van der Waals surface area contributed by atoms with E-state index in [4.69, 9.17) is 15.2 Å². The van der Waals surface area contributed by atoms with Gasteiger partial charge in [-0.1, -0.05) is 12.1 Å². The Morgan fingerprint density at radius 1 is 0.767 bits per heavy atom. The highest BCUT2D eigenvalue weighted by molar-refractivity contribution is 5.96. The molecular weight excluding hydrogens is 538 g/mol. The molecule has 0 fully saturated rings. The summed E-state index contributed by atoms with van der Waals surface area (Å²) in [6, 6.07) is 19.8. The minimum absolute atomic E-state index is 0.00491. The standard InChI is InChI=1S/C18H20N2O.C17H21N3O2/c1-18(2,3)21-12-16-11-15-10-14(4-5-17(15)20-16)13-6-8-19-9-7-13;1-17(2,3)22-11-16(21)20-15-5-4-13(10-14(15)18)12-6-8-19-9-7-12/h4-10H,11-12H2,1-3H3;4-10H,11,18H2,1-3H3,(H,20,21). The van der Waals surface area contributed by atoms with Crippen molar-refractivity contribution in [3.63, 3.8) is 0 Å². The number of nitrogens with two attached hydrogens (primary N) is 1. The van der Waals surface area contributed by atoms with Crippen molar-refractivity contribution < 1.29 is 14.3 Å². The number of fused-ring (bicyclic) bond motifs is 1. The molecule has 1 aliphatic rings. The number of nitrogen functional groups attached to an aromatic ring is 1. The van der Waals surface area contributed by atoms with Gasteiger partial charge in [-0.3, -0.25) is 19.8 Å². The van der Waals surface area contributed by atoms with Gasteiger partial charge < -0.3 is 20.5 Å². The van der Waals surface area contributed by atoms with Crippen molar-refractivity contribution in [1.82, 2.24) is 9.97 Å². The predicted octanol–water partition coefficient (Wildman–Crippen LogP) is 7.28. The number of benzene rings is 2. The minimum Gasteiger partial charge on any atom is -0.397 e. The summed E-state index contributed by atoms with van der Waals surface area (Å²) in [5.74, 6) is -0.224. The topological polar surface area (TPSA) is 112 Å². The van der Waals surface area contributed by atoms with Gasteiger partial charge in [-0.25, -0.2) is 0 Å². The van der Waals surface area contributed by atoms with Crippen LogP contribution >= 0.6 is 0 Å². The fourth-order valence-electron chi connectivity index (χ4n) is 4.24. The van der Waals surface area contributed by atoms with Crippen LogP contribution in [0, 0.1) is 0 Å². The van der Waals surface area contributed by atoms with E-state index in [1.54, 1.807) is 18.5 Å². The molecule has 1 aliphatic heterocycles. The molecule has 0 spiro atoms. The van der Waals surface area contributed by atoms with Gasteiger partial charge in [0.05, 0.1) is 34.9 Å². The Balaban J connectivity index is 0.000000197. The number of anilines is 2. The maximum absolute atomic E-state index is 11.9. The van der Waals surface area contributed by atoms with E-state index >= 15 is 0 Å². The molecule has 0 saturated carbocycles. The molecule has 2 aromatic carbocycles. The zero-order chi connectivity index (χ0) is 31.0. The summed E-state index contributed by atoms with van der Waals surface area (Å²) < 4.78 is 11.3. The molecule has 2 aromatic heterocycles. The predicted molar refractivity (Wildman–Crippen MR) is 175 cm³/mol. The van der Waals surface area contributed by atoms with E-state index in [0.717, 1.165) is 28.9 Å². The van der Waals surface area contributed by atoms with E-state index in [-0.39, 0.29) is 23.7 Å². The number of amides is 1. The van der Waals surface area contributed by atoms with E-state index in [0.29, 0.717) is 18.0 Å². The Kier molecular flexibility index (Phi) is 10.1. The van der Waals surface area contributed by atoms with Crippen LogP contribution in [-0.4, -0.2) is 46.0 Å². The average Bonchev–Trinajstić information content (AvgIpc) is 3.39. The number of aromatic nitrogens is 2. The fourth-order valence-corrected chi connectivity index (χ4v) is 4.24. The Bertz CT molecular complexity index is 1560. The third kappa shape index (κ3) is 9.84. The number of carbonyl (C=O) groups is 1. The van der Waals surface area contributed by atoms with Gasteiger partial charge in [-0.15, -0.1) is 0 Å². The second-order valence-corrected chi connectivity index (χ2v) is 12.3. The molecule has 224 valence electrons. The first-order chi connectivity index (χ1) is 20.4. The maximum atomic E-state index is 11.9. The third-order valence-electron chi connectivity index (χ3n) is 6.41. The molecule has 3 N–H and O–H groups in total. The lowest BCUT2D eigenvalue weighted by atomic mass is 10.0. The molecule has 0 saturated heterocycles. The van der Waals surface area contributed by atoms with Crippen molar-refractivity contribution in [1.29, 1.82) is 0 Å². The highest BCUT2D eigenvalue weighted by atomic mass is 16.5. The average molecular weight is 580 g/mol. The quantitative estimate of drug-likeness (QED) is 0.223. The van der Waals surface area contributed by atoms with Gasteiger partial charge in [0.2, 0.25) is 5.91 Å². The van der Waals surface area contributed by atoms with Gasteiger partial charge in [0.15, 0.2) is 0 Å². The summed E-state index contributed by atoms with van der Waals surface area (Å²) in [6.07, 6.45) is 7.98. The molecule has 3 heterocycles. The van der Waals surface area contributed by atoms with Gasteiger partial charge in [0, 0.05) is 36.9 Å². The van der Waals surface area contributed by atoms with E-state index < -0.39 is 0 Å². The zero-order valence-corrected chi connectivity index (χ0v) is 25.8. The van der Waals surface area contributed by atoms with E-state index in [9.17, 15) is 4.79 Å². The molecule has 0 atom stereocenters. The summed E-state index contributed by atoms with van der Waals surface area (Å²) in [7, 11) is 0. The number of pyridine rings is 2. The number of hydrogen-bond donors (Lipinski definition) is 2. The lowest BCUT2D eigenvalue weighted by Crippen LogP contribution is -2.27. The molecule has 0 radical (unpaired) electrons. The van der Waals surface area contributed by atoms with Gasteiger partial charge in [-0.05, 0) is 118 Å². The molecule has 1 amide bonds. The van der Waals surface area contributed by atoms with Crippen molar-refractivity contribution in [3.05, 3.63) is 91.0 Å². The molecule has 0 unspecified atom stereocenters. The number of hydrogen-bond acceptors (Lipinski definition) is 7. The SMILES string of the molecule is CC(C)(C)OCC(=O)Nc1ccc(-c2ccncc2)cc1N.CC(C)(C)OCC1=Nc2ccc(-c3ccncc3)cc2C1. The Morgan fingerprint density at radius 3 is 1.88 bits per heavy atom. The molecule has 5 rings (SSSR count). The van der Waals surface area contributed by atoms with Gasteiger partial charge in [0.25, 0.3) is 0 Å². The maximum Gasteiger partial charge on any atom is 0.250 e.